The lowest BCUT2D eigenvalue weighted by atomic mass is 10.1. The molecule has 2 rings (SSSR count). The molecule has 0 radical (unpaired) electrons. The fraction of sp³-hybridized carbons (Fsp3) is 0.0588. The number of carbonyl (C=O) groups excluding carboxylic acids is 1. The van der Waals surface area contributed by atoms with Gasteiger partial charge < -0.3 is 5.32 Å². The molecule has 3 nitrogen and oxygen atoms in total. The fourth-order valence-electron chi connectivity index (χ4n) is 1.73. The molecule has 2 aromatic carbocycles. The van der Waals surface area contributed by atoms with E-state index in [4.69, 9.17) is 16.9 Å². The summed E-state index contributed by atoms with van der Waals surface area (Å²) in [4.78, 5) is 12.1. The number of nitrogens with one attached hydrogen (secondary N) is 1. The van der Waals surface area contributed by atoms with Crippen LogP contribution in [0.25, 0.3) is 6.08 Å². The third kappa shape index (κ3) is 3.95. The minimum atomic E-state index is -0.457. The second-order valence-electron chi connectivity index (χ2n) is 4.51. The molecular weight excluding hydrogens is 284 g/mol. The minimum Gasteiger partial charge on any atom is -0.321 e. The Labute approximate surface area is 128 Å². The van der Waals surface area contributed by atoms with Crippen molar-refractivity contribution in [3.8, 4) is 6.07 Å². The number of rotatable bonds is 3. The highest BCUT2D eigenvalue weighted by Crippen LogP contribution is 2.19. The molecule has 0 aliphatic heterocycles. The van der Waals surface area contributed by atoms with Crippen molar-refractivity contribution in [2.24, 2.45) is 0 Å². The number of hydrogen-bond acceptors (Lipinski definition) is 2. The van der Waals surface area contributed by atoms with Gasteiger partial charge in [0.1, 0.15) is 11.6 Å². The number of aryl methyl sites for hydroxylation is 1. The Morgan fingerprint density at radius 2 is 1.86 bits per heavy atom. The smallest absolute Gasteiger partial charge is 0.266 e. The number of carbonyl (C=O) groups is 1. The van der Waals surface area contributed by atoms with Gasteiger partial charge in [-0.15, -0.1) is 0 Å². The Morgan fingerprint density at radius 1 is 1.19 bits per heavy atom. The second kappa shape index (κ2) is 6.74. The Morgan fingerprint density at radius 3 is 2.48 bits per heavy atom. The lowest BCUT2D eigenvalue weighted by molar-refractivity contribution is -0.112. The van der Waals surface area contributed by atoms with Gasteiger partial charge in [-0.25, -0.2) is 0 Å². The van der Waals surface area contributed by atoms with Crippen LogP contribution in [0.1, 0.15) is 11.1 Å². The van der Waals surface area contributed by atoms with Gasteiger partial charge in [-0.2, -0.15) is 5.26 Å². The van der Waals surface area contributed by atoms with Gasteiger partial charge in [-0.1, -0.05) is 47.5 Å². The van der Waals surface area contributed by atoms with Crippen LogP contribution in [-0.2, 0) is 4.79 Å². The first kappa shape index (κ1) is 14.8. The summed E-state index contributed by atoms with van der Waals surface area (Å²) in [5, 5.41) is 12.3. The molecule has 0 atom stereocenters. The summed E-state index contributed by atoms with van der Waals surface area (Å²) in [7, 11) is 0. The van der Waals surface area contributed by atoms with Crippen LogP contribution in [0.2, 0.25) is 5.02 Å². The highest BCUT2D eigenvalue weighted by molar-refractivity contribution is 6.32. The number of nitrogens with zero attached hydrogens (tertiary/aromatic N) is 1. The standard InChI is InChI=1S/C17H13ClN2O/c1-12-6-8-15(9-7-12)20-17(21)14(11-19)10-13-4-2-3-5-16(13)18/h2-10H,1H3,(H,20,21)/b14-10+. The van der Waals surface area contributed by atoms with Crippen LogP contribution in [0.4, 0.5) is 5.69 Å². The van der Waals surface area contributed by atoms with Crippen molar-refractivity contribution in [2.45, 2.75) is 6.92 Å². The number of hydrogen-bond donors (Lipinski definition) is 1. The van der Waals surface area contributed by atoms with Crippen LogP contribution in [0.15, 0.2) is 54.1 Å². The van der Waals surface area contributed by atoms with Gasteiger partial charge in [0.15, 0.2) is 0 Å². The summed E-state index contributed by atoms with van der Waals surface area (Å²) in [6.45, 7) is 1.96. The van der Waals surface area contributed by atoms with Crippen molar-refractivity contribution in [3.63, 3.8) is 0 Å². The Kier molecular flexibility index (Phi) is 4.76. The minimum absolute atomic E-state index is 0.00340. The summed E-state index contributed by atoms with van der Waals surface area (Å²) in [5.74, 6) is -0.457. The lowest BCUT2D eigenvalue weighted by Gasteiger charge is -2.05. The molecule has 104 valence electrons. The number of anilines is 1. The van der Waals surface area contributed by atoms with E-state index >= 15 is 0 Å². The molecule has 0 heterocycles. The molecular formula is C17H13ClN2O. The first-order chi connectivity index (χ1) is 10.1. The van der Waals surface area contributed by atoms with Crippen molar-refractivity contribution in [1.82, 2.24) is 0 Å². The molecule has 0 fully saturated rings. The SMILES string of the molecule is Cc1ccc(NC(=O)/C(C#N)=C/c2ccccc2Cl)cc1. The highest BCUT2D eigenvalue weighted by Gasteiger charge is 2.10. The summed E-state index contributed by atoms with van der Waals surface area (Å²) < 4.78 is 0. The first-order valence-electron chi connectivity index (χ1n) is 6.34. The summed E-state index contributed by atoms with van der Waals surface area (Å²) in [6, 6.07) is 16.3. The Bertz CT molecular complexity index is 727. The number of amides is 1. The molecule has 0 saturated carbocycles. The maximum absolute atomic E-state index is 12.1. The molecule has 0 aliphatic carbocycles. The van der Waals surface area contributed by atoms with Crippen LogP contribution in [0.5, 0.6) is 0 Å². The van der Waals surface area contributed by atoms with Crippen molar-refractivity contribution < 1.29 is 4.79 Å². The molecule has 1 amide bonds. The zero-order valence-electron chi connectivity index (χ0n) is 11.4. The Balaban J connectivity index is 2.22. The van der Waals surface area contributed by atoms with E-state index in [2.05, 4.69) is 5.32 Å². The summed E-state index contributed by atoms with van der Waals surface area (Å²) in [5.41, 5.74) is 2.38. The maximum Gasteiger partial charge on any atom is 0.266 e. The predicted molar refractivity (Wildman–Crippen MR) is 84.9 cm³/mol. The van der Waals surface area contributed by atoms with E-state index in [0.29, 0.717) is 16.3 Å². The summed E-state index contributed by atoms with van der Waals surface area (Å²) >= 11 is 6.02. The van der Waals surface area contributed by atoms with Crippen molar-refractivity contribution in [3.05, 3.63) is 70.3 Å². The van der Waals surface area contributed by atoms with Gasteiger partial charge in [0.05, 0.1) is 0 Å². The lowest BCUT2D eigenvalue weighted by Crippen LogP contribution is -2.13. The van der Waals surface area contributed by atoms with E-state index in [9.17, 15) is 4.79 Å². The van der Waals surface area contributed by atoms with E-state index in [-0.39, 0.29) is 5.57 Å². The quantitative estimate of drug-likeness (QED) is 0.682. The second-order valence-corrected chi connectivity index (χ2v) is 4.92. The van der Waals surface area contributed by atoms with Gasteiger partial charge in [0.25, 0.3) is 5.91 Å². The molecule has 0 aromatic heterocycles. The molecule has 0 unspecified atom stereocenters. The molecule has 0 aliphatic rings. The number of benzene rings is 2. The first-order valence-corrected chi connectivity index (χ1v) is 6.72. The molecule has 2 aromatic rings. The number of halogens is 1. The maximum atomic E-state index is 12.1. The molecule has 1 N–H and O–H groups in total. The third-order valence-corrected chi connectivity index (χ3v) is 3.22. The normalized spacial score (nSPS) is 10.8. The largest absolute Gasteiger partial charge is 0.321 e. The highest BCUT2D eigenvalue weighted by atomic mass is 35.5. The van der Waals surface area contributed by atoms with E-state index < -0.39 is 5.91 Å². The van der Waals surface area contributed by atoms with E-state index in [1.807, 2.05) is 25.1 Å². The van der Waals surface area contributed by atoms with E-state index in [1.54, 1.807) is 36.4 Å². The van der Waals surface area contributed by atoms with Crippen LogP contribution in [-0.4, -0.2) is 5.91 Å². The van der Waals surface area contributed by atoms with Crippen molar-refractivity contribution >= 4 is 29.3 Å². The van der Waals surface area contributed by atoms with Crippen LogP contribution in [0.3, 0.4) is 0 Å². The molecule has 0 bridgehead atoms. The molecule has 0 spiro atoms. The van der Waals surface area contributed by atoms with Crippen molar-refractivity contribution in [1.29, 1.82) is 5.26 Å². The third-order valence-electron chi connectivity index (χ3n) is 2.88. The fourth-order valence-corrected chi connectivity index (χ4v) is 1.92. The van der Waals surface area contributed by atoms with E-state index in [1.165, 1.54) is 6.08 Å². The van der Waals surface area contributed by atoms with Gasteiger partial charge in [0, 0.05) is 10.7 Å². The Hall–Kier alpha value is -2.57. The van der Waals surface area contributed by atoms with Crippen LogP contribution >= 0.6 is 11.6 Å². The monoisotopic (exact) mass is 296 g/mol. The molecule has 0 saturated heterocycles. The topological polar surface area (TPSA) is 52.9 Å². The molecule has 4 heteroatoms. The van der Waals surface area contributed by atoms with Crippen LogP contribution in [0, 0.1) is 18.3 Å². The van der Waals surface area contributed by atoms with Crippen molar-refractivity contribution in [2.75, 3.05) is 5.32 Å². The zero-order valence-corrected chi connectivity index (χ0v) is 12.2. The van der Waals surface area contributed by atoms with E-state index in [0.717, 1.165) is 5.56 Å². The average molecular weight is 297 g/mol. The van der Waals surface area contributed by atoms with Gasteiger partial charge in [-0.3, -0.25) is 4.79 Å². The summed E-state index contributed by atoms with van der Waals surface area (Å²) in [6.07, 6.45) is 1.48. The zero-order chi connectivity index (χ0) is 15.2. The predicted octanol–water partition coefficient (Wildman–Crippen LogP) is 4.19. The molecule has 21 heavy (non-hydrogen) atoms. The van der Waals surface area contributed by atoms with Gasteiger partial charge >= 0.3 is 0 Å². The average Bonchev–Trinajstić information content (AvgIpc) is 2.48. The van der Waals surface area contributed by atoms with Gasteiger partial charge in [-0.05, 0) is 36.8 Å². The van der Waals surface area contributed by atoms with Crippen LogP contribution < -0.4 is 5.32 Å². The van der Waals surface area contributed by atoms with Gasteiger partial charge in [0.2, 0.25) is 0 Å². The number of nitriles is 1.